The van der Waals surface area contributed by atoms with Gasteiger partial charge in [0.15, 0.2) is 0 Å². The summed E-state index contributed by atoms with van der Waals surface area (Å²) in [6.45, 7) is 1.95. The smallest absolute Gasteiger partial charge is 0.147 e. The summed E-state index contributed by atoms with van der Waals surface area (Å²) in [5.74, 6) is 0.607. The molecule has 2 aromatic heterocycles. The number of benzene rings is 1. The van der Waals surface area contributed by atoms with Gasteiger partial charge in [0.2, 0.25) is 0 Å². The zero-order valence-electron chi connectivity index (χ0n) is 12.2. The minimum absolute atomic E-state index is 0.285. The maximum atomic E-state index is 11.9. The number of fused-ring (bicyclic) bond motifs is 1. The summed E-state index contributed by atoms with van der Waals surface area (Å²) in [6.07, 6.45) is 4.39. The van der Waals surface area contributed by atoms with Crippen LogP contribution in [0.4, 0.5) is 0 Å². The fourth-order valence-corrected chi connectivity index (χ4v) is 3.25. The van der Waals surface area contributed by atoms with Gasteiger partial charge in [0.1, 0.15) is 15.8 Å². The molecule has 0 N–H and O–H groups in total. The first kappa shape index (κ1) is 13.5. The van der Waals surface area contributed by atoms with E-state index in [4.69, 9.17) is 0 Å². The van der Waals surface area contributed by atoms with Crippen molar-refractivity contribution in [2.75, 3.05) is 0 Å². The molecule has 1 aliphatic carbocycles. The highest BCUT2D eigenvalue weighted by atomic mass is 32.1. The molecule has 1 aliphatic rings. The van der Waals surface area contributed by atoms with Crippen LogP contribution in [0.1, 0.15) is 23.5 Å². The van der Waals surface area contributed by atoms with E-state index in [1.165, 1.54) is 0 Å². The van der Waals surface area contributed by atoms with Crippen LogP contribution in [-0.4, -0.2) is 21.0 Å². The monoisotopic (exact) mass is 309 g/mol. The molecule has 22 heavy (non-hydrogen) atoms. The van der Waals surface area contributed by atoms with E-state index >= 15 is 0 Å². The van der Waals surface area contributed by atoms with Gasteiger partial charge in [-0.05, 0) is 37.3 Å². The van der Waals surface area contributed by atoms with Crippen LogP contribution >= 0.6 is 11.3 Å². The molecule has 0 aliphatic heterocycles. The molecule has 0 atom stereocenters. The molecule has 0 spiro atoms. The number of carbonyl (C=O) groups excluding carboxylic acids is 1. The van der Waals surface area contributed by atoms with Gasteiger partial charge >= 0.3 is 0 Å². The minimum Gasteiger partial charge on any atom is -0.299 e. The molecule has 0 radical (unpaired) electrons. The normalized spacial score (nSPS) is 14.4. The molecule has 0 saturated heterocycles. The summed E-state index contributed by atoms with van der Waals surface area (Å²) in [5.41, 5.74) is 1.92. The van der Waals surface area contributed by atoms with E-state index in [9.17, 15) is 4.79 Å². The van der Waals surface area contributed by atoms with E-state index in [0.29, 0.717) is 12.2 Å². The molecule has 2 heterocycles. The summed E-state index contributed by atoms with van der Waals surface area (Å²) in [4.78, 5) is 16.4. The van der Waals surface area contributed by atoms with Crippen molar-refractivity contribution in [3.63, 3.8) is 0 Å². The van der Waals surface area contributed by atoms with Gasteiger partial charge in [-0.1, -0.05) is 23.5 Å². The Balaban J connectivity index is 1.69. The molecular formula is C17H15N3OS. The standard InChI is InChI=1S/C17H15N3OS/c1-10-19-20-17(22-10)12-4-5-13-9-18-15(7-14(13)6-12)8-16(21)11-2-3-11/h4-7,9,11H,2-3,8H2,1H3. The number of Topliss-reactive ketones (excluding diaryl/α,β-unsaturated/α-hetero) is 1. The predicted molar refractivity (Wildman–Crippen MR) is 86.8 cm³/mol. The lowest BCUT2D eigenvalue weighted by Crippen LogP contribution is -2.06. The number of aromatic nitrogens is 3. The quantitative estimate of drug-likeness (QED) is 0.739. The van der Waals surface area contributed by atoms with Gasteiger partial charge in [-0.15, -0.1) is 10.2 Å². The van der Waals surface area contributed by atoms with Gasteiger partial charge in [-0.3, -0.25) is 9.78 Å². The van der Waals surface area contributed by atoms with Crippen LogP contribution in [-0.2, 0) is 11.2 Å². The number of rotatable bonds is 4. The third-order valence-corrected chi connectivity index (χ3v) is 4.83. The van der Waals surface area contributed by atoms with E-state index in [1.807, 2.05) is 31.3 Å². The lowest BCUT2D eigenvalue weighted by Gasteiger charge is -2.04. The summed E-state index contributed by atoms with van der Waals surface area (Å²) in [6, 6.07) is 8.20. The lowest BCUT2D eigenvalue weighted by atomic mass is 10.1. The summed E-state index contributed by atoms with van der Waals surface area (Å²) >= 11 is 1.58. The summed E-state index contributed by atoms with van der Waals surface area (Å²) in [5, 5.41) is 12.3. The van der Waals surface area contributed by atoms with Gasteiger partial charge in [0.25, 0.3) is 0 Å². The van der Waals surface area contributed by atoms with E-state index in [2.05, 4.69) is 21.2 Å². The molecule has 110 valence electrons. The van der Waals surface area contributed by atoms with Gasteiger partial charge in [-0.2, -0.15) is 0 Å². The number of carbonyl (C=O) groups is 1. The van der Waals surface area contributed by atoms with Crippen LogP contribution in [0, 0.1) is 12.8 Å². The van der Waals surface area contributed by atoms with Crippen LogP contribution in [0.5, 0.6) is 0 Å². The van der Waals surface area contributed by atoms with Crippen LogP contribution in [0.15, 0.2) is 30.5 Å². The Morgan fingerprint density at radius 1 is 1.23 bits per heavy atom. The second-order valence-electron chi connectivity index (χ2n) is 5.78. The Morgan fingerprint density at radius 2 is 2.09 bits per heavy atom. The maximum absolute atomic E-state index is 11.9. The van der Waals surface area contributed by atoms with Gasteiger partial charge < -0.3 is 0 Å². The van der Waals surface area contributed by atoms with Crippen LogP contribution in [0.2, 0.25) is 0 Å². The zero-order valence-corrected chi connectivity index (χ0v) is 13.1. The Bertz CT molecular complexity index is 867. The number of ketones is 1. The van der Waals surface area contributed by atoms with Crippen molar-refractivity contribution in [2.24, 2.45) is 5.92 Å². The molecule has 5 heteroatoms. The molecule has 4 rings (SSSR count). The molecule has 0 unspecified atom stereocenters. The fraction of sp³-hybridized carbons (Fsp3) is 0.294. The number of pyridine rings is 1. The first-order chi connectivity index (χ1) is 10.7. The van der Waals surface area contributed by atoms with Crippen LogP contribution in [0.3, 0.4) is 0 Å². The van der Waals surface area contributed by atoms with Crippen molar-refractivity contribution in [3.05, 3.63) is 41.2 Å². The molecule has 1 fully saturated rings. The van der Waals surface area contributed by atoms with E-state index in [1.54, 1.807) is 11.3 Å². The van der Waals surface area contributed by atoms with Gasteiger partial charge in [0.05, 0.1) is 0 Å². The Morgan fingerprint density at radius 3 is 2.82 bits per heavy atom. The number of hydrogen-bond donors (Lipinski definition) is 0. The first-order valence-electron chi connectivity index (χ1n) is 7.41. The predicted octanol–water partition coefficient (Wildman–Crippen LogP) is 3.58. The summed E-state index contributed by atoms with van der Waals surface area (Å²) in [7, 11) is 0. The third kappa shape index (κ3) is 2.64. The van der Waals surface area contributed by atoms with Gasteiger partial charge in [-0.25, -0.2) is 0 Å². The molecular weight excluding hydrogens is 294 g/mol. The van der Waals surface area contributed by atoms with E-state index < -0.39 is 0 Å². The van der Waals surface area contributed by atoms with Crippen molar-refractivity contribution in [1.29, 1.82) is 0 Å². The minimum atomic E-state index is 0.285. The third-order valence-electron chi connectivity index (χ3n) is 3.94. The SMILES string of the molecule is Cc1nnc(-c2ccc3cnc(CC(=O)C4CC4)cc3c2)s1. The Kier molecular flexibility index (Phi) is 3.22. The molecule has 0 bridgehead atoms. The highest BCUT2D eigenvalue weighted by molar-refractivity contribution is 7.14. The fourth-order valence-electron chi connectivity index (χ4n) is 2.56. The van der Waals surface area contributed by atoms with Crippen LogP contribution < -0.4 is 0 Å². The second-order valence-corrected chi connectivity index (χ2v) is 6.96. The maximum Gasteiger partial charge on any atom is 0.147 e. The average molecular weight is 309 g/mol. The molecule has 4 nitrogen and oxygen atoms in total. The molecule has 1 saturated carbocycles. The van der Waals surface area contributed by atoms with Crippen molar-refractivity contribution >= 4 is 27.9 Å². The van der Waals surface area contributed by atoms with Crippen molar-refractivity contribution in [1.82, 2.24) is 15.2 Å². The van der Waals surface area contributed by atoms with Gasteiger partial charge in [0, 0.05) is 35.2 Å². The van der Waals surface area contributed by atoms with E-state index in [-0.39, 0.29) is 5.92 Å². The van der Waals surface area contributed by atoms with Crippen molar-refractivity contribution in [3.8, 4) is 10.6 Å². The summed E-state index contributed by atoms with van der Waals surface area (Å²) < 4.78 is 0. The number of nitrogens with zero attached hydrogens (tertiary/aromatic N) is 3. The van der Waals surface area contributed by atoms with Crippen LogP contribution in [0.25, 0.3) is 21.3 Å². The topological polar surface area (TPSA) is 55.7 Å². The van der Waals surface area contributed by atoms with Crippen molar-refractivity contribution in [2.45, 2.75) is 26.2 Å². The highest BCUT2D eigenvalue weighted by Crippen LogP contribution is 2.31. The number of hydrogen-bond acceptors (Lipinski definition) is 5. The lowest BCUT2D eigenvalue weighted by molar-refractivity contribution is -0.119. The molecule has 0 amide bonds. The molecule has 1 aromatic carbocycles. The van der Waals surface area contributed by atoms with Crippen molar-refractivity contribution < 1.29 is 4.79 Å². The van der Waals surface area contributed by atoms with E-state index in [0.717, 1.165) is 44.9 Å². The zero-order chi connectivity index (χ0) is 15.1. The highest BCUT2D eigenvalue weighted by Gasteiger charge is 2.29. The number of aryl methyl sites for hydroxylation is 1. The second kappa shape index (κ2) is 5.25. The largest absolute Gasteiger partial charge is 0.299 e. The Hall–Kier alpha value is -2.14. The first-order valence-corrected chi connectivity index (χ1v) is 8.22. The average Bonchev–Trinajstić information content (AvgIpc) is 3.28. The Labute approximate surface area is 132 Å². The molecule has 3 aromatic rings.